The van der Waals surface area contributed by atoms with Gasteiger partial charge in [0.15, 0.2) is 0 Å². The molecule has 1 N–H and O–H groups in total. The molecule has 0 aliphatic heterocycles. The number of hydrogen-bond donors (Lipinski definition) is 1. The summed E-state index contributed by atoms with van der Waals surface area (Å²) in [6.45, 7) is 13.5. The molecule has 2 nitrogen and oxygen atoms in total. The first-order valence-electron chi connectivity index (χ1n) is 7.25. The summed E-state index contributed by atoms with van der Waals surface area (Å²) in [5, 5.41) is 3.47. The Kier molecular flexibility index (Phi) is 5.94. The van der Waals surface area contributed by atoms with Crippen molar-refractivity contribution in [2.24, 2.45) is 11.3 Å². The summed E-state index contributed by atoms with van der Waals surface area (Å²) in [5.41, 5.74) is 0.541. The smallest absolute Gasteiger partial charge is 0.0675 e. The van der Waals surface area contributed by atoms with Gasteiger partial charge in [0.2, 0.25) is 0 Å². The number of hydrogen-bond acceptors (Lipinski definition) is 2. The third-order valence-corrected chi connectivity index (χ3v) is 3.70. The summed E-state index contributed by atoms with van der Waals surface area (Å²) in [7, 11) is 0. The molecule has 0 aromatic heterocycles. The van der Waals surface area contributed by atoms with E-state index in [4.69, 9.17) is 4.74 Å². The second kappa shape index (κ2) is 6.75. The van der Waals surface area contributed by atoms with Gasteiger partial charge in [-0.2, -0.15) is 0 Å². The first-order chi connectivity index (χ1) is 7.89. The van der Waals surface area contributed by atoms with Crippen LogP contribution in [0.15, 0.2) is 0 Å². The van der Waals surface area contributed by atoms with Crippen LogP contribution in [0, 0.1) is 11.3 Å². The molecule has 0 aromatic rings. The maximum absolute atomic E-state index is 6.10. The van der Waals surface area contributed by atoms with Crippen molar-refractivity contribution in [2.45, 2.75) is 72.5 Å². The summed E-state index contributed by atoms with van der Waals surface area (Å²) in [6, 6.07) is 0. The van der Waals surface area contributed by atoms with Gasteiger partial charge in [0.05, 0.1) is 12.2 Å². The molecule has 1 saturated carbocycles. The zero-order chi connectivity index (χ0) is 12.9. The van der Waals surface area contributed by atoms with Crippen LogP contribution in [0.2, 0.25) is 0 Å². The number of rotatable bonds is 6. The van der Waals surface area contributed by atoms with Crippen LogP contribution in [0.3, 0.4) is 0 Å². The summed E-state index contributed by atoms with van der Waals surface area (Å²) in [5.74, 6) is 0.720. The zero-order valence-corrected chi connectivity index (χ0v) is 12.4. The van der Waals surface area contributed by atoms with Crippen LogP contribution in [-0.4, -0.2) is 25.3 Å². The van der Waals surface area contributed by atoms with Crippen LogP contribution >= 0.6 is 0 Å². The molecule has 2 heteroatoms. The molecule has 1 unspecified atom stereocenters. The van der Waals surface area contributed by atoms with E-state index >= 15 is 0 Å². The molecule has 0 spiro atoms. The third kappa shape index (κ3) is 6.42. The lowest BCUT2D eigenvalue weighted by molar-refractivity contribution is -0.0365. The molecule has 1 aliphatic rings. The van der Waals surface area contributed by atoms with E-state index in [-0.39, 0.29) is 0 Å². The van der Waals surface area contributed by atoms with Crippen molar-refractivity contribution in [1.29, 1.82) is 0 Å². The predicted octanol–water partition coefficient (Wildman–Crippen LogP) is 3.61. The molecule has 1 fully saturated rings. The molecular formula is C15H31NO. The molecule has 17 heavy (non-hydrogen) atoms. The fourth-order valence-corrected chi connectivity index (χ4v) is 2.46. The van der Waals surface area contributed by atoms with Gasteiger partial charge < -0.3 is 10.1 Å². The topological polar surface area (TPSA) is 21.3 Å². The number of nitrogens with one attached hydrogen (secondary N) is 1. The van der Waals surface area contributed by atoms with Crippen molar-refractivity contribution in [2.75, 3.05) is 13.1 Å². The molecular weight excluding hydrogens is 210 g/mol. The van der Waals surface area contributed by atoms with Crippen LogP contribution < -0.4 is 5.32 Å². The summed E-state index contributed by atoms with van der Waals surface area (Å²) >= 11 is 0. The van der Waals surface area contributed by atoms with Gasteiger partial charge in [-0.25, -0.2) is 0 Å². The lowest BCUT2D eigenvalue weighted by atomic mass is 9.76. The molecule has 0 heterocycles. The van der Waals surface area contributed by atoms with Crippen LogP contribution in [0.1, 0.15) is 60.3 Å². The highest BCUT2D eigenvalue weighted by Crippen LogP contribution is 2.36. The Morgan fingerprint density at radius 3 is 2.24 bits per heavy atom. The van der Waals surface area contributed by atoms with Gasteiger partial charge in [-0.3, -0.25) is 0 Å². The quantitative estimate of drug-likeness (QED) is 0.767. The fraction of sp³-hybridized carbons (Fsp3) is 1.00. The van der Waals surface area contributed by atoms with E-state index in [2.05, 4.69) is 39.9 Å². The van der Waals surface area contributed by atoms with Crippen molar-refractivity contribution in [1.82, 2.24) is 5.32 Å². The molecule has 0 aromatic carbocycles. The monoisotopic (exact) mass is 241 g/mol. The normalized spacial score (nSPS) is 22.9. The van der Waals surface area contributed by atoms with Crippen molar-refractivity contribution in [3.8, 4) is 0 Å². The van der Waals surface area contributed by atoms with Gasteiger partial charge in [-0.1, -0.05) is 27.7 Å². The first kappa shape index (κ1) is 15.0. The summed E-state index contributed by atoms with van der Waals surface area (Å²) in [4.78, 5) is 0. The van der Waals surface area contributed by atoms with E-state index in [9.17, 15) is 0 Å². The Bertz CT molecular complexity index is 203. The SMILES string of the molecule is CC(C)CNCC(C)OC1CCC(C)(C)CC1. The van der Waals surface area contributed by atoms with E-state index in [1.54, 1.807) is 0 Å². The Morgan fingerprint density at radius 1 is 1.12 bits per heavy atom. The van der Waals surface area contributed by atoms with E-state index in [1.807, 2.05) is 0 Å². The molecule has 102 valence electrons. The Labute approximate surface area is 108 Å². The van der Waals surface area contributed by atoms with Crippen molar-refractivity contribution in [3.05, 3.63) is 0 Å². The maximum Gasteiger partial charge on any atom is 0.0675 e. The molecule has 1 aliphatic carbocycles. The average Bonchev–Trinajstić information content (AvgIpc) is 2.21. The minimum atomic E-state index is 0.347. The maximum atomic E-state index is 6.10. The van der Waals surface area contributed by atoms with E-state index in [0.717, 1.165) is 19.0 Å². The van der Waals surface area contributed by atoms with Crippen LogP contribution in [0.4, 0.5) is 0 Å². The highest BCUT2D eigenvalue weighted by Gasteiger charge is 2.27. The van der Waals surface area contributed by atoms with Crippen LogP contribution in [0.25, 0.3) is 0 Å². The van der Waals surface area contributed by atoms with Crippen LogP contribution in [-0.2, 0) is 4.74 Å². The Balaban J connectivity index is 2.13. The van der Waals surface area contributed by atoms with Gasteiger partial charge in [-0.15, -0.1) is 0 Å². The second-order valence-corrected chi connectivity index (χ2v) is 6.86. The molecule has 0 bridgehead atoms. The van der Waals surface area contributed by atoms with E-state index in [0.29, 0.717) is 17.6 Å². The largest absolute Gasteiger partial charge is 0.374 e. The highest BCUT2D eigenvalue weighted by molar-refractivity contribution is 4.79. The van der Waals surface area contributed by atoms with Gasteiger partial charge >= 0.3 is 0 Å². The Morgan fingerprint density at radius 2 is 1.71 bits per heavy atom. The average molecular weight is 241 g/mol. The number of ether oxygens (including phenoxy) is 1. The Hall–Kier alpha value is -0.0800. The standard InChI is InChI=1S/C15H31NO/c1-12(2)10-16-11-13(3)17-14-6-8-15(4,5)9-7-14/h12-14,16H,6-11H2,1-5H3. The molecule has 0 radical (unpaired) electrons. The second-order valence-electron chi connectivity index (χ2n) is 6.86. The van der Waals surface area contributed by atoms with Gasteiger partial charge in [0.25, 0.3) is 0 Å². The van der Waals surface area contributed by atoms with Crippen molar-refractivity contribution in [3.63, 3.8) is 0 Å². The minimum Gasteiger partial charge on any atom is -0.374 e. The van der Waals surface area contributed by atoms with Gasteiger partial charge in [0.1, 0.15) is 0 Å². The lowest BCUT2D eigenvalue weighted by Gasteiger charge is -2.35. The lowest BCUT2D eigenvalue weighted by Crippen LogP contribution is -2.34. The summed E-state index contributed by atoms with van der Waals surface area (Å²) in [6.07, 6.45) is 5.94. The zero-order valence-electron chi connectivity index (χ0n) is 12.4. The molecule has 0 saturated heterocycles. The van der Waals surface area contributed by atoms with Crippen molar-refractivity contribution < 1.29 is 4.74 Å². The summed E-state index contributed by atoms with van der Waals surface area (Å²) < 4.78 is 6.10. The van der Waals surface area contributed by atoms with Crippen LogP contribution in [0.5, 0.6) is 0 Å². The molecule has 1 rings (SSSR count). The first-order valence-corrected chi connectivity index (χ1v) is 7.25. The van der Waals surface area contributed by atoms with Gasteiger partial charge in [0, 0.05) is 6.54 Å². The fourth-order valence-electron chi connectivity index (χ4n) is 2.46. The van der Waals surface area contributed by atoms with E-state index in [1.165, 1.54) is 25.7 Å². The molecule has 0 amide bonds. The predicted molar refractivity (Wildman–Crippen MR) is 74.3 cm³/mol. The highest BCUT2D eigenvalue weighted by atomic mass is 16.5. The van der Waals surface area contributed by atoms with Gasteiger partial charge in [-0.05, 0) is 50.5 Å². The third-order valence-electron chi connectivity index (χ3n) is 3.70. The molecule has 1 atom stereocenters. The van der Waals surface area contributed by atoms with E-state index < -0.39 is 0 Å². The van der Waals surface area contributed by atoms with Crippen molar-refractivity contribution >= 4 is 0 Å². The minimum absolute atomic E-state index is 0.347.